The fraction of sp³-hybridized carbons (Fsp3) is 0.130. The Morgan fingerprint density at radius 2 is 1.97 bits per heavy atom. The molecule has 2 aromatic carbocycles. The number of aromatic nitrogens is 2. The first kappa shape index (κ1) is 21.6. The van der Waals surface area contributed by atoms with Gasteiger partial charge in [0.15, 0.2) is 11.5 Å². The van der Waals surface area contributed by atoms with E-state index in [0.29, 0.717) is 51.0 Å². The number of nitrogens with one attached hydrogen (secondary N) is 1. The van der Waals surface area contributed by atoms with Gasteiger partial charge < -0.3 is 19.5 Å². The minimum Gasteiger partial charge on any atom is -0.489 e. The summed E-state index contributed by atoms with van der Waals surface area (Å²) in [5.74, 6) is 1.84. The zero-order chi connectivity index (χ0) is 22.8. The maximum atomic E-state index is 12.6. The number of thiophene rings is 1. The summed E-state index contributed by atoms with van der Waals surface area (Å²) in [6.07, 6.45) is 3.37. The number of rotatable bonds is 7. The van der Waals surface area contributed by atoms with Gasteiger partial charge in [0.1, 0.15) is 12.4 Å². The van der Waals surface area contributed by atoms with E-state index in [4.69, 9.17) is 37.4 Å². The standard InChI is InChI=1S/C23H17Cl2N3O4S/c24-18-3-1-14(5-19(18)25)9-28-10-16(8-26-28)27-23(29)22-6-15(12-33-22)11-30-17-2-4-20-21(7-17)32-13-31-20/h1-8,10,12H,9,11,13H2,(H,27,29). The van der Waals surface area contributed by atoms with Crippen molar-refractivity contribution in [3.63, 3.8) is 0 Å². The van der Waals surface area contributed by atoms with E-state index in [1.807, 2.05) is 29.6 Å². The van der Waals surface area contributed by atoms with Crippen LogP contribution in [0.5, 0.6) is 17.2 Å². The molecule has 33 heavy (non-hydrogen) atoms. The predicted molar refractivity (Wildman–Crippen MR) is 127 cm³/mol. The molecule has 0 atom stereocenters. The summed E-state index contributed by atoms with van der Waals surface area (Å²) in [7, 11) is 0. The maximum Gasteiger partial charge on any atom is 0.265 e. The van der Waals surface area contributed by atoms with Crippen LogP contribution in [0.15, 0.2) is 60.2 Å². The van der Waals surface area contributed by atoms with Crippen LogP contribution in [0.1, 0.15) is 20.8 Å². The molecule has 0 spiro atoms. The van der Waals surface area contributed by atoms with Crippen molar-refractivity contribution in [2.75, 3.05) is 12.1 Å². The summed E-state index contributed by atoms with van der Waals surface area (Å²) in [5, 5.41) is 10.1. The van der Waals surface area contributed by atoms with E-state index in [1.54, 1.807) is 35.3 Å². The number of carbonyl (C=O) groups is 1. The van der Waals surface area contributed by atoms with Crippen molar-refractivity contribution < 1.29 is 19.0 Å². The van der Waals surface area contributed by atoms with Crippen molar-refractivity contribution in [3.05, 3.63) is 86.3 Å². The Bertz CT molecular complexity index is 1320. The Hall–Kier alpha value is -3.20. The van der Waals surface area contributed by atoms with E-state index in [9.17, 15) is 4.79 Å². The third-order valence-corrected chi connectivity index (χ3v) is 6.56. The summed E-state index contributed by atoms with van der Waals surface area (Å²) < 4.78 is 18.2. The lowest BCUT2D eigenvalue weighted by atomic mass is 10.2. The SMILES string of the molecule is O=C(Nc1cnn(Cc2ccc(Cl)c(Cl)c2)c1)c1cc(COc2ccc3c(c2)OCO3)cs1. The summed E-state index contributed by atoms with van der Waals surface area (Å²) in [6, 6.07) is 12.7. The number of hydrogen-bond acceptors (Lipinski definition) is 6. The highest BCUT2D eigenvalue weighted by Crippen LogP contribution is 2.35. The van der Waals surface area contributed by atoms with E-state index < -0.39 is 0 Å². The molecule has 3 heterocycles. The first-order valence-electron chi connectivity index (χ1n) is 9.91. The Labute approximate surface area is 203 Å². The molecule has 0 radical (unpaired) electrons. The molecule has 0 fully saturated rings. The van der Waals surface area contributed by atoms with Crippen molar-refractivity contribution in [3.8, 4) is 17.2 Å². The lowest BCUT2D eigenvalue weighted by molar-refractivity contribution is 0.103. The van der Waals surface area contributed by atoms with Crippen LogP contribution in [0.2, 0.25) is 10.0 Å². The molecule has 168 valence electrons. The summed E-state index contributed by atoms with van der Waals surface area (Å²) in [4.78, 5) is 13.2. The van der Waals surface area contributed by atoms with Gasteiger partial charge in [-0.3, -0.25) is 9.48 Å². The normalized spacial score (nSPS) is 12.1. The van der Waals surface area contributed by atoms with E-state index in [0.717, 1.165) is 11.1 Å². The third kappa shape index (κ3) is 5.08. The molecule has 0 saturated carbocycles. The number of halogens is 2. The highest BCUT2D eigenvalue weighted by Gasteiger charge is 2.15. The smallest absolute Gasteiger partial charge is 0.265 e. The van der Waals surface area contributed by atoms with E-state index >= 15 is 0 Å². The first-order valence-corrected chi connectivity index (χ1v) is 11.5. The zero-order valence-corrected chi connectivity index (χ0v) is 19.4. The van der Waals surface area contributed by atoms with Gasteiger partial charge in [-0.05, 0) is 41.3 Å². The van der Waals surface area contributed by atoms with Crippen LogP contribution in [0.4, 0.5) is 5.69 Å². The van der Waals surface area contributed by atoms with Crippen molar-refractivity contribution >= 4 is 46.1 Å². The predicted octanol–water partition coefficient (Wildman–Crippen LogP) is 5.86. The molecule has 1 amide bonds. The molecule has 5 rings (SSSR count). The van der Waals surface area contributed by atoms with Crippen molar-refractivity contribution in [2.45, 2.75) is 13.2 Å². The number of ether oxygens (including phenoxy) is 3. The Morgan fingerprint density at radius 1 is 1.09 bits per heavy atom. The molecule has 1 aliphatic rings. The van der Waals surface area contributed by atoms with Gasteiger partial charge in [0, 0.05) is 17.8 Å². The Morgan fingerprint density at radius 3 is 2.85 bits per heavy atom. The van der Waals surface area contributed by atoms with Crippen LogP contribution in [-0.2, 0) is 13.2 Å². The molecule has 0 unspecified atom stereocenters. The highest BCUT2D eigenvalue weighted by atomic mass is 35.5. The van der Waals surface area contributed by atoms with Crippen LogP contribution in [0, 0.1) is 0 Å². The number of amides is 1. The van der Waals surface area contributed by atoms with Crippen LogP contribution in [0.3, 0.4) is 0 Å². The summed E-state index contributed by atoms with van der Waals surface area (Å²) in [6.45, 7) is 1.06. The van der Waals surface area contributed by atoms with Gasteiger partial charge in [0.05, 0.1) is 33.4 Å². The van der Waals surface area contributed by atoms with Crippen LogP contribution < -0.4 is 19.5 Å². The highest BCUT2D eigenvalue weighted by molar-refractivity contribution is 7.12. The molecular formula is C23H17Cl2N3O4S. The largest absolute Gasteiger partial charge is 0.489 e. The number of benzene rings is 2. The number of hydrogen-bond donors (Lipinski definition) is 1. The summed E-state index contributed by atoms with van der Waals surface area (Å²) in [5.41, 5.74) is 2.46. The van der Waals surface area contributed by atoms with Gasteiger partial charge in [0.2, 0.25) is 6.79 Å². The van der Waals surface area contributed by atoms with Gasteiger partial charge in [-0.15, -0.1) is 11.3 Å². The molecule has 7 nitrogen and oxygen atoms in total. The first-order chi connectivity index (χ1) is 16.0. The van der Waals surface area contributed by atoms with Gasteiger partial charge in [0.25, 0.3) is 5.91 Å². The average Bonchev–Trinajstić information content (AvgIpc) is 3.55. The zero-order valence-electron chi connectivity index (χ0n) is 17.1. The third-order valence-electron chi connectivity index (χ3n) is 4.85. The molecule has 1 N–H and O–H groups in total. The molecule has 2 aromatic heterocycles. The fourth-order valence-corrected chi connectivity index (χ4v) is 4.35. The van der Waals surface area contributed by atoms with Crippen LogP contribution in [0.25, 0.3) is 0 Å². The lowest BCUT2D eigenvalue weighted by Crippen LogP contribution is -2.09. The quantitative estimate of drug-likeness (QED) is 0.343. The van der Waals surface area contributed by atoms with Crippen molar-refractivity contribution in [1.82, 2.24) is 9.78 Å². The molecule has 4 aromatic rings. The fourth-order valence-electron chi connectivity index (χ4n) is 3.24. The second-order valence-electron chi connectivity index (χ2n) is 7.25. The Balaban J connectivity index is 1.17. The lowest BCUT2D eigenvalue weighted by Gasteiger charge is -2.05. The van der Waals surface area contributed by atoms with Crippen LogP contribution in [-0.4, -0.2) is 22.5 Å². The van der Waals surface area contributed by atoms with Gasteiger partial charge >= 0.3 is 0 Å². The van der Waals surface area contributed by atoms with Crippen LogP contribution >= 0.6 is 34.5 Å². The minimum atomic E-state index is -0.205. The second kappa shape index (κ2) is 9.35. The molecule has 0 bridgehead atoms. The van der Waals surface area contributed by atoms with E-state index in [-0.39, 0.29) is 12.7 Å². The Kier molecular flexibility index (Phi) is 6.13. The maximum absolute atomic E-state index is 12.6. The number of carbonyl (C=O) groups excluding carboxylic acids is 1. The number of fused-ring (bicyclic) bond motifs is 1. The number of nitrogens with zero attached hydrogens (tertiary/aromatic N) is 2. The van der Waals surface area contributed by atoms with E-state index in [1.165, 1.54) is 11.3 Å². The molecule has 0 aliphatic carbocycles. The number of anilines is 1. The summed E-state index contributed by atoms with van der Waals surface area (Å²) >= 11 is 13.4. The molecule has 0 saturated heterocycles. The molecule has 1 aliphatic heterocycles. The topological polar surface area (TPSA) is 74.6 Å². The molecular weight excluding hydrogens is 485 g/mol. The molecule has 10 heteroatoms. The van der Waals surface area contributed by atoms with E-state index in [2.05, 4.69) is 10.4 Å². The van der Waals surface area contributed by atoms with Crippen molar-refractivity contribution in [2.24, 2.45) is 0 Å². The van der Waals surface area contributed by atoms with Gasteiger partial charge in [-0.1, -0.05) is 29.3 Å². The average molecular weight is 502 g/mol. The minimum absolute atomic E-state index is 0.205. The van der Waals surface area contributed by atoms with Gasteiger partial charge in [-0.2, -0.15) is 5.10 Å². The van der Waals surface area contributed by atoms with Crippen molar-refractivity contribution in [1.29, 1.82) is 0 Å². The van der Waals surface area contributed by atoms with Gasteiger partial charge in [-0.25, -0.2) is 0 Å². The monoisotopic (exact) mass is 501 g/mol. The second-order valence-corrected chi connectivity index (χ2v) is 8.98.